The van der Waals surface area contributed by atoms with E-state index in [2.05, 4.69) is 15.3 Å². The second-order valence-electron chi connectivity index (χ2n) is 4.92. The first-order valence-electron chi connectivity index (χ1n) is 6.46. The lowest BCUT2D eigenvalue weighted by Gasteiger charge is -2.08. The van der Waals surface area contributed by atoms with Crippen molar-refractivity contribution in [1.82, 2.24) is 9.97 Å². The average Bonchev–Trinajstić information content (AvgIpc) is 2.35. The summed E-state index contributed by atoms with van der Waals surface area (Å²) in [6, 6.07) is 9.14. The number of sulfonamides is 1. The highest BCUT2D eigenvalue weighted by atomic mass is 32.2. The molecule has 0 atom stereocenters. The van der Waals surface area contributed by atoms with Crippen LogP contribution in [-0.4, -0.2) is 18.4 Å². The van der Waals surface area contributed by atoms with Gasteiger partial charge in [0.05, 0.1) is 5.75 Å². The Hall–Kier alpha value is -1.99. The van der Waals surface area contributed by atoms with Gasteiger partial charge in [0.25, 0.3) is 0 Å². The van der Waals surface area contributed by atoms with Crippen LogP contribution in [0.2, 0.25) is 0 Å². The van der Waals surface area contributed by atoms with Crippen LogP contribution in [0.3, 0.4) is 0 Å². The van der Waals surface area contributed by atoms with Gasteiger partial charge in [0.15, 0.2) is 0 Å². The molecule has 1 aromatic carbocycles. The average molecular weight is 306 g/mol. The van der Waals surface area contributed by atoms with Crippen molar-refractivity contribution in [3.05, 3.63) is 53.0 Å². The van der Waals surface area contributed by atoms with Crippen LogP contribution >= 0.6 is 0 Å². The predicted molar refractivity (Wildman–Crippen MR) is 82.1 cm³/mol. The number of benzene rings is 1. The molecule has 0 aliphatic carbocycles. The number of hydrogen-bond acceptors (Lipinski definition) is 5. The Labute approximate surface area is 124 Å². The van der Waals surface area contributed by atoms with E-state index in [9.17, 15) is 8.42 Å². The van der Waals surface area contributed by atoms with Gasteiger partial charge < -0.3 is 5.32 Å². The van der Waals surface area contributed by atoms with E-state index in [4.69, 9.17) is 5.14 Å². The van der Waals surface area contributed by atoms with Crippen molar-refractivity contribution in [1.29, 1.82) is 0 Å². The quantitative estimate of drug-likeness (QED) is 0.872. The molecule has 1 aromatic heterocycles. The Morgan fingerprint density at radius 2 is 1.71 bits per heavy atom. The fraction of sp³-hybridized carbons (Fsp3) is 0.286. The lowest BCUT2D eigenvalue weighted by atomic mass is 10.1. The van der Waals surface area contributed by atoms with Crippen molar-refractivity contribution in [2.45, 2.75) is 26.1 Å². The second kappa shape index (κ2) is 6.19. The summed E-state index contributed by atoms with van der Waals surface area (Å²) in [6.45, 7) is 4.37. The van der Waals surface area contributed by atoms with Crippen LogP contribution in [0.5, 0.6) is 0 Å². The molecule has 0 bridgehead atoms. The van der Waals surface area contributed by atoms with E-state index in [1.807, 2.05) is 32.0 Å². The van der Waals surface area contributed by atoms with Crippen molar-refractivity contribution < 1.29 is 8.42 Å². The first kappa shape index (κ1) is 15.4. The van der Waals surface area contributed by atoms with Gasteiger partial charge in [-0.3, -0.25) is 0 Å². The molecule has 2 rings (SSSR count). The number of aromatic nitrogens is 2. The number of anilines is 1. The van der Waals surface area contributed by atoms with E-state index in [1.54, 1.807) is 12.1 Å². The molecule has 0 fully saturated rings. The Balaban J connectivity index is 2.00. The smallest absolute Gasteiger partial charge is 0.213 e. The van der Waals surface area contributed by atoms with Crippen molar-refractivity contribution in [3.8, 4) is 0 Å². The second-order valence-corrected chi connectivity index (χ2v) is 6.53. The molecular weight excluding hydrogens is 288 g/mol. The maximum Gasteiger partial charge on any atom is 0.213 e. The molecule has 0 radical (unpaired) electrons. The summed E-state index contributed by atoms with van der Waals surface area (Å²) < 4.78 is 22.0. The largest absolute Gasteiger partial charge is 0.366 e. The van der Waals surface area contributed by atoms with Gasteiger partial charge in [-0.25, -0.2) is 23.5 Å². The minimum absolute atomic E-state index is 0.148. The lowest BCUT2D eigenvalue weighted by Crippen LogP contribution is -2.14. The van der Waals surface area contributed by atoms with Crippen LogP contribution < -0.4 is 10.5 Å². The number of nitrogens with zero attached hydrogens (tertiary/aromatic N) is 2. The Morgan fingerprint density at radius 1 is 1.10 bits per heavy atom. The fourth-order valence-corrected chi connectivity index (χ4v) is 2.64. The van der Waals surface area contributed by atoms with Crippen LogP contribution in [0.25, 0.3) is 0 Å². The number of rotatable bonds is 5. The van der Waals surface area contributed by atoms with Gasteiger partial charge in [0.2, 0.25) is 10.0 Å². The molecule has 7 heteroatoms. The molecular formula is C14H18N4O2S. The summed E-state index contributed by atoms with van der Waals surface area (Å²) in [5.74, 6) is 1.35. The zero-order valence-electron chi connectivity index (χ0n) is 12.0. The van der Waals surface area contributed by atoms with E-state index in [1.165, 1.54) is 0 Å². The maximum absolute atomic E-state index is 11.0. The monoisotopic (exact) mass is 306 g/mol. The first-order chi connectivity index (χ1) is 9.82. The first-order valence-corrected chi connectivity index (χ1v) is 8.18. The van der Waals surface area contributed by atoms with Crippen LogP contribution in [0.15, 0.2) is 30.3 Å². The molecule has 3 N–H and O–H groups in total. The summed E-state index contributed by atoms with van der Waals surface area (Å²) >= 11 is 0. The minimum atomic E-state index is -3.49. The van der Waals surface area contributed by atoms with Crippen molar-refractivity contribution in [2.24, 2.45) is 5.14 Å². The third-order valence-electron chi connectivity index (χ3n) is 2.83. The Morgan fingerprint density at radius 3 is 2.29 bits per heavy atom. The maximum atomic E-state index is 11.0. The highest BCUT2D eigenvalue weighted by molar-refractivity contribution is 7.88. The molecule has 2 aromatic rings. The van der Waals surface area contributed by atoms with E-state index < -0.39 is 10.0 Å². The van der Waals surface area contributed by atoms with Crippen LogP contribution in [0, 0.1) is 13.8 Å². The van der Waals surface area contributed by atoms with Gasteiger partial charge in [-0.05, 0) is 25.0 Å². The molecule has 0 aliphatic heterocycles. The van der Waals surface area contributed by atoms with Crippen molar-refractivity contribution in [2.75, 3.05) is 5.32 Å². The van der Waals surface area contributed by atoms with E-state index in [0.29, 0.717) is 12.1 Å². The molecule has 0 amide bonds. The highest BCUT2D eigenvalue weighted by Crippen LogP contribution is 2.10. The van der Waals surface area contributed by atoms with Gasteiger partial charge >= 0.3 is 0 Å². The predicted octanol–water partition coefficient (Wildman–Crippen LogP) is 1.49. The lowest BCUT2D eigenvalue weighted by molar-refractivity contribution is 0.597. The normalized spacial score (nSPS) is 11.4. The molecule has 0 saturated carbocycles. The zero-order valence-corrected chi connectivity index (χ0v) is 12.8. The van der Waals surface area contributed by atoms with Crippen molar-refractivity contribution >= 4 is 15.8 Å². The Kier molecular flexibility index (Phi) is 4.54. The van der Waals surface area contributed by atoms with Gasteiger partial charge in [0, 0.05) is 18.3 Å². The summed E-state index contributed by atoms with van der Waals surface area (Å²) in [4.78, 5) is 8.51. The molecule has 0 spiro atoms. The summed E-state index contributed by atoms with van der Waals surface area (Å²) in [5, 5.41) is 8.23. The minimum Gasteiger partial charge on any atom is -0.366 e. The van der Waals surface area contributed by atoms with Gasteiger partial charge in [-0.15, -0.1) is 0 Å². The SMILES string of the molecule is Cc1cc(NCc2ccc(CS(N)(=O)=O)cc2)nc(C)n1. The summed E-state index contributed by atoms with van der Waals surface area (Å²) in [7, 11) is -3.49. The highest BCUT2D eigenvalue weighted by Gasteiger charge is 2.05. The number of hydrogen-bond donors (Lipinski definition) is 2. The van der Waals surface area contributed by atoms with E-state index >= 15 is 0 Å². The molecule has 6 nitrogen and oxygen atoms in total. The van der Waals surface area contributed by atoms with Gasteiger partial charge in [-0.1, -0.05) is 24.3 Å². The number of nitrogens with one attached hydrogen (secondary N) is 1. The van der Waals surface area contributed by atoms with Crippen LogP contribution in [0.1, 0.15) is 22.6 Å². The topological polar surface area (TPSA) is 98.0 Å². The van der Waals surface area contributed by atoms with Gasteiger partial charge in [-0.2, -0.15) is 0 Å². The number of primary sulfonamides is 1. The third-order valence-corrected chi connectivity index (χ3v) is 3.57. The third kappa shape index (κ3) is 5.13. The van der Waals surface area contributed by atoms with Crippen LogP contribution in [0.4, 0.5) is 5.82 Å². The zero-order chi connectivity index (χ0) is 15.5. The summed E-state index contributed by atoms with van der Waals surface area (Å²) in [5.41, 5.74) is 2.62. The molecule has 1 heterocycles. The molecule has 0 saturated heterocycles. The molecule has 21 heavy (non-hydrogen) atoms. The molecule has 0 aliphatic rings. The fourth-order valence-electron chi connectivity index (χ4n) is 1.99. The number of aryl methyl sites for hydroxylation is 2. The van der Waals surface area contributed by atoms with E-state index in [0.717, 1.165) is 22.9 Å². The Bertz CT molecular complexity index is 707. The van der Waals surface area contributed by atoms with Gasteiger partial charge in [0.1, 0.15) is 11.6 Å². The molecule has 0 unspecified atom stereocenters. The molecule has 112 valence electrons. The van der Waals surface area contributed by atoms with E-state index in [-0.39, 0.29) is 5.75 Å². The number of nitrogens with two attached hydrogens (primary N) is 1. The standard InChI is InChI=1S/C14H18N4O2S/c1-10-7-14(18-11(2)17-10)16-8-12-3-5-13(6-4-12)9-21(15,19)20/h3-7H,8-9H2,1-2H3,(H2,15,19,20)(H,16,17,18). The van der Waals surface area contributed by atoms with Crippen LogP contribution in [-0.2, 0) is 22.3 Å². The summed E-state index contributed by atoms with van der Waals surface area (Å²) in [6.07, 6.45) is 0. The van der Waals surface area contributed by atoms with Crippen molar-refractivity contribution in [3.63, 3.8) is 0 Å².